The van der Waals surface area contributed by atoms with E-state index < -0.39 is 0 Å². The molecule has 2 aromatic carbocycles. The molecule has 0 radical (unpaired) electrons. The molecule has 0 aliphatic rings. The molecule has 5 nitrogen and oxygen atoms in total. The summed E-state index contributed by atoms with van der Waals surface area (Å²) in [7, 11) is 1.46. The Morgan fingerprint density at radius 1 is 1.25 bits per heavy atom. The number of nitrogens with one attached hydrogen (secondary N) is 1. The molecule has 0 aliphatic carbocycles. The predicted molar refractivity (Wildman–Crippen MR) is 97.4 cm³/mol. The lowest BCUT2D eigenvalue weighted by atomic mass is 10.1. The Balaban J connectivity index is 1.83. The van der Waals surface area contributed by atoms with Gasteiger partial charge >= 0.3 is 0 Å². The van der Waals surface area contributed by atoms with Gasteiger partial charge in [-0.1, -0.05) is 29.8 Å². The molecule has 0 saturated carbocycles. The lowest BCUT2D eigenvalue weighted by molar-refractivity contribution is 0.373. The highest BCUT2D eigenvalue weighted by atomic mass is 35.5. The van der Waals surface area contributed by atoms with Crippen LogP contribution in [0.3, 0.4) is 0 Å². The largest absolute Gasteiger partial charge is 0.503 e. The van der Waals surface area contributed by atoms with Gasteiger partial charge in [-0.15, -0.1) is 0 Å². The maximum Gasteiger partial charge on any atom is 0.176 e. The first-order valence-electron chi connectivity index (χ1n) is 7.30. The van der Waals surface area contributed by atoms with E-state index in [4.69, 9.17) is 16.3 Å². The fraction of sp³-hybridized carbons (Fsp3) is 0.111. The number of methoxy groups -OCH3 is 1. The smallest absolute Gasteiger partial charge is 0.176 e. The van der Waals surface area contributed by atoms with Gasteiger partial charge < -0.3 is 9.84 Å². The molecule has 0 spiro atoms. The number of aryl methyl sites for hydroxylation is 1. The summed E-state index contributed by atoms with van der Waals surface area (Å²) in [5.41, 5.74) is 5.63. The normalized spacial score (nSPS) is 11.1. The monoisotopic (exact) mass is 341 g/mol. The zero-order valence-electron chi connectivity index (χ0n) is 13.2. The number of halogens is 1. The topological polar surface area (TPSA) is 66.7 Å². The van der Waals surface area contributed by atoms with Gasteiger partial charge in [-0.25, -0.2) is 4.98 Å². The molecule has 0 saturated heterocycles. The molecule has 24 heavy (non-hydrogen) atoms. The van der Waals surface area contributed by atoms with Gasteiger partial charge in [0.2, 0.25) is 0 Å². The second-order valence-electron chi connectivity index (χ2n) is 5.27. The average molecular weight is 342 g/mol. The highest BCUT2D eigenvalue weighted by molar-refractivity contribution is 6.32. The van der Waals surface area contributed by atoms with Crippen LogP contribution >= 0.6 is 11.6 Å². The van der Waals surface area contributed by atoms with Gasteiger partial charge in [0.25, 0.3) is 0 Å². The van der Waals surface area contributed by atoms with Crippen LogP contribution < -0.4 is 10.2 Å². The fourth-order valence-electron chi connectivity index (χ4n) is 2.40. The van der Waals surface area contributed by atoms with Crippen molar-refractivity contribution in [2.24, 2.45) is 5.10 Å². The number of fused-ring (bicyclic) bond motifs is 1. The molecule has 0 bridgehead atoms. The van der Waals surface area contributed by atoms with Crippen molar-refractivity contribution >= 4 is 34.5 Å². The predicted octanol–water partition coefficient (Wildman–Crippen LogP) is 4.36. The molecule has 0 unspecified atom stereocenters. The van der Waals surface area contributed by atoms with Gasteiger partial charge in [0.15, 0.2) is 11.5 Å². The standard InChI is InChI=1S/C18H16ClN3O2/c1-11-7-17(21-15-6-4-3-5-13(11)15)22-20-10-12-8-14(19)18(23)16(9-12)24-2/h3-10,23H,1-2H3,(H,21,22)/b20-10+. The van der Waals surface area contributed by atoms with E-state index in [0.717, 1.165) is 16.5 Å². The van der Waals surface area contributed by atoms with Crippen molar-refractivity contribution in [1.29, 1.82) is 0 Å². The van der Waals surface area contributed by atoms with E-state index in [1.54, 1.807) is 18.3 Å². The van der Waals surface area contributed by atoms with E-state index in [-0.39, 0.29) is 10.8 Å². The Labute approximate surface area is 144 Å². The molecule has 0 aliphatic heterocycles. The van der Waals surface area contributed by atoms with Gasteiger partial charge in [-0.2, -0.15) is 5.10 Å². The number of para-hydroxylation sites is 1. The molecule has 1 aromatic heterocycles. The van der Waals surface area contributed by atoms with E-state index in [2.05, 4.69) is 15.5 Å². The molecule has 0 amide bonds. The number of rotatable bonds is 4. The molecule has 2 N–H and O–H groups in total. The van der Waals surface area contributed by atoms with E-state index in [1.165, 1.54) is 7.11 Å². The molecule has 3 rings (SSSR count). The molecular weight excluding hydrogens is 326 g/mol. The number of hydrazone groups is 1. The number of anilines is 1. The molecule has 0 atom stereocenters. The number of hydrogen-bond acceptors (Lipinski definition) is 5. The summed E-state index contributed by atoms with van der Waals surface area (Å²) in [4.78, 5) is 4.52. The number of benzene rings is 2. The number of ether oxygens (including phenoxy) is 1. The Morgan fingerprint density at radius 3 is 2.83 bits per heavy atom. The van der Waals surface area contributed by atoms with Gasteiger partial charge in [0.1, 0.15) is 5.82 Å². The number of hydrogen-bond donors (Lipinski definition) is 2. The Kier molecular flexibility index (Phi) is 4.53. The summed E-state index contributed by atoms with van der Waals surface area (Å²) in [5, 5.41) is 15.2. The third-order valence-electron chi connectivity index (χ3n) is 3.59. The first-order valence-corrected chi connectivity index (χ1v) is 7.68. The zero-order valence-corrected chi connectivity index (χ0v) is 14.0. The summed E-state index contributed by atoms with van der Waals surface area (Å²) in [6, 6.07) is 13.1. The summed E-state index contributed by atoms with van der Waals surface area (Å²) in [6.45, 7) is 2.03. The van der Waals surface area contributed by atoms with Gasteiger partial charge in [-0.3, -0.25) is 5.43 Å². The first-order chi connectivity index (χ1) is 11.6. The second kappa shape index (κ2) is 6.76. The number of phenols is 1. The number of pyridine rings is 1. The fourth-order valence-corrected chi connectivity index (χ4v) is 2.62. The van der Waals surface area contributed by atoms with Crippen LogP contribution in [0.15, 0.2) is 47.6 Å². The van der Waals surface area contributed by atoms with Crippen LogP contribution in [-0.2, 0) is 0 Å². The highest BCUT2D eigenvalue weighted by Gasteiger charge is 2.07. The number of phenolic OH excluding ortho intramolecular Hbond substituents is 1. The van der Waals surface area contributed by atoms with Crippen LogP contribution in [-0.4, -0.2) is 23.4 Å². The van der Waals surface area contributed by atoms with E-state index in [9.17, 15) is 5.11 Å². The SMILES string of the molecule is COc1cc(/C=N/Nc2cc(C)c3ccccc3n2)cc(Cl)c1O. The first kappa shape index (κ1) is 16.1. The molecule has 0 fully saturated rings. The minimum Gasteiger partial charge on any atom is -0.503 e. The van der Waals surface area contributed by atoms with Crippen LogP contribution in [0.4, 0.5) is 5.82 Å². The highest BCUT2D eigenvalue weighted by Crippen LogP contribution is 2.34. The van der Waals surface area contributed by atoms with Gasteiger partial charge in [-0.05, 0) is 42.3 Å². The third kappa shape index (κ3) is 3.26. The summed E-state index contributed by atoms with van der Waals surface area (Å²) < 4.78 is 5.07. The van der Waals surface area contributed by atoms with E-state index >= 15 is 0 Å². The Morgan fingerprint density at radius 2 is 2.04 bits per heavy atom. The number of aromatic nitrogens is 1. The van der Waals surface area contributed by atoms with Crippen molar-refractivity contribution in [1.82, 2.24) is 4.98 Å². The van der Waals surface area contributed by atoms with E-state index in [0.29, 0.717) is 17.1 Å². The van der Waals surface area contributed by atoms with Crippen LogP contribution in [0.5, 0.6) is 11.5 Å². The van der Waals surface area contributed by atoms with Crippen molar-refractivity contribution in [3.05, 3.63) is 58.6 Å². The lowest BCUT2D eigenvalue weighted by Crippen LogP contribution is -1.96. The maximum atomic E-state index is 9.73. The quantitative estimate of drug-likeness (QED) is 0.546. The summed E-state index contributed by atoms with van der Waals surface area (Å²) in [5.74, 6) is 0.860. The van der Waals surface area contributed by atoms with Crippen molar-refractivity contribution in [3.8, 4) is 11.5 Å². The Bertz CT molecular complexity index is 926. The van der Waals surface area contributed by atoms with Crippen molar-refractivity contribution in [3.63, 3.8) is 0 Å². The Hall–Kier alpha value is -2.79. The van der Waals surface area contributed by atoms with Crippen LogP contribution in [0.25, 0.3) is 10.9 Å². The van der Waals surface area contributed by atoms with Crippen molar-refractivity contribution in [2.45, 2.75) is 6.92 Å². The molecule has 6 heteroatoms. The average Bonchev–Trinajstić information content (AvgIpc) is 2.58. The molecule has 3 aromatic rings. The van der Waals surface area contributed by atoms with Gasteiger partial charge in [0, 0.05) is 5.39 Å². The van der Waals surface area contributed by atoms with Crippen molar-refractivity contribution < 1.29 is 9.84 Å². The summed E-state index contributed by atoms with van der Waals surface area (Å²) >= 11 is 5.96. The van der Waals surface area contributed by atoms with Crippen LogP contribution in [0, 0.1) is 6.92 Å². The van der Waals surface area contributed by atoms with Crippen LogP contribution in [0.1, 0.15) is 11.1 Å². The molecule has 1 heterocycles. The summed E-state index contributed by atoms with van der Waals surface area (Å²) in [6.07, 6.45) is 1.58. The minimum absolute atomic E-state index is 0.0869. The molecule has 122 valence electrons. The van der Waals surface area contributed by atoms with Crippen molar-refractivity contribution in [2.75, 3.05) is 12.5 Å². The van der Waals surface area contributed by atoms with E-state index in [1.807, 2.05) is 37.3 Å². The molecular formula is C18H16ClN3O2. The van der Waals surface area contributed by atoms with Crippen LogP contribution in [0.2, 0.25) is 5.02 Å². The number of aromatic hydroxyl groups is 1. The second-order valence-corrected chi connectivity index (χ2v) is 5.67. The van der Waals surface area contributed by atoms with Gasteiger partial charge in [0.05, 0.1) is 23.9 Å². The zero-order chi connectivity index (χ0) is 17.1. The third-order valence-corrected chi connectivity index (χ3v) is 3.87. The maximum absolute atomic E-state index is 9.73. The minimum atomic E-state index is -0.0869. The number of nitrogens with zero attached hydrogens (tertiary/aromatic N) is 2. The lowest BCUT2D eigenvalue weighted by Gasteiger charge is -2.07.